The maximum absolute atomic E-state index is 13.0. The third-order valence-electron chi connectivity index (χ3n) is 6.07. The number of fused-ring (bicyclic) bond motifs is 1. The first-order valence-electron chi connectivity index (χ1n) is 10.7. The summed E-state index contributed by atoms with van der Waals surface area (Å²) in [6, 6.07) is 19.8. The zero-order valence-electron chi connectivity index (χ0n) is 18.5. The van der Waals surface area contributed by atoms with Gasteiger partial charge in [-0.15, -0.1) is 0 Å². The minimum Gasteiger partial charge on any atom is -0.326 e. The van der Waals surface area contributed by atoms with E-state index in [2.05, 4.69) is 42.3 Å². The number of nitrogens with one attached hydrogen (secondary N) is 1. The normalized spacial score (nSPS) is 14.1. The second kappa shape index (κ2) is 9.00. The van der Waals surface area contributed by atoms with Crippen LogP contribution in [0.15, 0.2) is 72.8 Å². The molecule has 0 fully saturated rings. The molecule has 0 heterocycles. The van der Waals surface area contributed by atoms with E-state index in [1.807, 2.05) is 30.3 Å². The van der Waals surface area contributed by atoms with Gasteiger partial charge in [-0.05, 0) is 76.1 Å². The molecule has 0 spiro atoms. The first-order chi connectivity index (χ1) is 15.8. The largest absolute Gasteiger partial charge is 0.379 e. The molecule has 0 unspecified atom stereocenters. The summed E-state index contributed by atoms with van der Waals surface area (Å²) in [5.41, 5.74) is 12.2. The molecule has 1 amide bonds. The van der Waals surface area contributed by atoms with Crippen molar-refractivity contribution < 1.29 is 19.1 Å². The molecule has 168 valence electrons. The molecule has 3 N–H and O–H groups in total. The summed E-state index contributed by atoms with van der Waals surface area (Å²) in [5, 5.41) is 2.82. The van der Waals surface area contributed by atoms with Crippen molar-refractivity contribution in [3.8, 4) is 0 Å². The van der Waals surface area contributed by atoms with Crippen LogP contribution < -0.4 is 11.1 Å². The molecule has 33 heavy (non-hydrogen) atoms. The van der Waals surface area contributed by atoms with E-state index in [-0.39, 0.29) is 16.9 Å². The molecular weight excluding hydrogens is 419 g/mol. The van der Waals surface area contributed by atoms with Crippen LogP contribution in [-0.2, 0) is 16.9 Å². The number of hydrogen-bond donors (Lipinski definition) is 2. The highest BCUT2D eigenvalue weighted by molar-refractivity contribution is 6.05. The maximum Gasteiger partial charge on any atom is 0.379 e. The van der Waals surface area contributed by atoms with Crippen LogP contribution in [0.2, 0.25) is 0 Å². The lowest BCUT2D eigenvalue weighted by atomic mass is 9.72. The maximum atomic E-state index is 13.0. The highest BCUT2D eigenvalue weighted by Gasteiger charge is 2.29. The minimum absolute atomic E-state index is 0.0497. The molecule has 3 aromatic carbocycles. The van der Waals surface area contributed by atoms with E-state index in [0.717, 1.165) is 28.7 Å². The summed E-state index contributed by atoms with van der Waals surface area (Å²) in [6.07, 6.45) is 3.12. The van der Waals surface area contributed by atoms with Crippen LogP contribution >= 0.6 is 0 Å². The molecule has 0 aliphatic heterocycles. The van der Waals surface area contributed by atoms with E-state index in [0.29, 0.717) is 17.8 Å². The van der Waals surface area contributed by atoms with Gasteiger partial charge in [-0.1, -0.05) is 50.3 Å². The quantitative estimate of drug-likeness (QED) is 0.540. The molecular formula is C27H25FN2O3. The highest BCUT2D eigenvalue weighted by atomic mass is 19.3. The first kappa shape index (κ1) is 22.4. The summed E-state index contributed by atoms with van der Waals surface area (Å²) < 4.78 is 12.1. The Morgan fingerprint density at radius 3 is 2.30 bits per heavy atom. The van der Waals surface area contributed by atoms with Crippen molar-refractivity contribution in [2.75, 3.05) is 5.32 Å². The van der Waals surface area contributed by atoms with Crippen molar-refractivity contribution in [2.45, 2.75) is 32.2 Å². The lowest BCUT2D eigenvalue weighted by Gasteiger charge is -2.32. The average molecular weight is 445 g/mol. The zero-order chi connectivity index (χ0) is 23.6. The monoisotopic (exact) mass is 444 g/mol. The van der Waals surface area contributed by atoms with Gasteiger partial charge in [-0.25, -0.2) is 9.74 Å². The predicted molar refractivity (Wildman–Crippen MR) is 126 cm³/mol. The fourth-order valence-electron chi connectivity index (χ4n) is 4.11. The minimum atomic E-state index is -1.08. The van der Waals surface area contributed by atoms with Crippen molar-refractivity contribution >= 4 is 23.1 Å². The molecule has 3 aromatic rings. The summed E-state index contributed by atoms with van der Waals surface area (Å²) >= 11 is 0. The van der Waals surface area contributed by atoms with Crippen molar-refractivity contribution in [2.24, 2.45) is 5.73 Å². The van der Waals surface area contributed by atoms with Crippen LogP contribution in [0.1, 0.15) is 63.2 Å². The van der Waals surface area contributed by atoms with Gasteiger partial charge in [0.2, 0.25) is 0 Å². The molecule has 0 saturated heterocycles. The Bertz CT molecular complexity index is 1230. The van der Waals surface area contributed by atoms with Crippen LogP contribution in [-0.4, -0.2) is 11.9 Å². The molecule has 0 aromatic heterocycles. The van der Waals surface area contributed by atoms with Crippen LogP contribution in [0, 0.1) is 0 Å². The van der Waals surface area contributed by atoms with E-state index in [1.165, 1.54) is 29.8 Å². The lowest BCUT2D eigenvalue weighted by Crippen LogP contribution is -2.23. The molecule has 0 atom stereocenters. The standard InChI is InChI=1S/C27H25FN2O3/c1-27(2)14-13-22(18-5-3-17(16-29)4-6-18)23-15-20(9-12-24(23)27)25(31)30-21-10-7-19(8-11-21)26(32)33-28/h3-13,15H,14,16,29H2,1-2H3,(H,30,31). The summed E-state index contributed by atoms with van der Waals surface area (Å²) in [5.74, 6) is -1.36. The van der Waals surface area contributed by atoms with Gasteiger partial charge >= 0.3 is 5.97 Å². The first-order valence-corrected chi connectivity index (χ1v) is 10.7. The van der Waals surface area contributed by atoms with Crippen LogP contribution in [0.25, 0.3) is 5.57 Å². The van der Waals surface area contributed by atoms with Gasteiger partial charge in [0, 0.05) is 22.3 Å². The lowest BCUT2D eigenvalue weighted by molar-refractivity contribution is -0.0788. The van der Waals surface area contributed by atoms with E-state index in [4.69, 9.17) is 5.73 Å². The van der Waals surface area contributed by atoms with Gasteiger partial charge in [0.05, 0.1) is 5.56 Å². The Hall–Kier alpha value is -3.77. The van der Waals surface area contributed by atoms with Gasteiger partial charge in [-0.2, -0.15) is 0 Å². The molecule has 4 rings (SSSR count). The number of carbonyl (C=O) groups is 2. The fraction of sp³-hybridized carbons (Fsp3) is 0.185. The van der Waals surface area contributed by atoms with E-state index >= 15 is 0 Å². The van der Waals surface area contributed by atoms with Crippen molar-refractivity contribution in [3.05, 3.63) is 106 Å². The number of allylic oxidation sites excluding steroid dienone is 1. The number of hydrogen-bond acceptors (Lipinski definition) is 4. The number of rotatable bonds is 5. The van der Waals surface area contributed by atoms with E-state index in [9.17, 15) is 14.1 Å². The Balaban J connectivity index is 1.64. The number of amides is 1. The number of carbonyl (C=O) groups excluding carboxylic acids is 2. The Morgan fingerprint density at radius 2 is 1.67 bits per heavy atom. The van der Waals surface area contributed by atoms with Gasteiger partial charge in [0.1, 0.15) is 0 Å². The predicted octanol–water partition coefficient (Wildman–Crippen LogP) is 5.55. The molecule has 1 aliphatic carbocycles. The van der Waals surface area contributed by atoms with Crippen molar-refractivity contribution in [1.82, 2.24) is 0 Å². The van der Waals surface area contributed by atoms with Crippen LogP contribution in [0.3, 0.4) is 0 Å². The Labute approximate surface area is 192 Å². The Morgan fingerprint density at radius 1 is 1.00 bits per heavy atom. The average Bonchev–Trinajstić information content (AvgIpc) is 2.84. The highest BCUT2D eigenvalue weighted by Crippen LogP contribution is 2.41. The Kier molecular flexibility index (Phi) is 6.11. The summed E-state index contributed by atoms with van der Waals surface area (Å²) in [6.45, 7) is 4.88. The van der Waals surface area contributed by atoms with Gasteiger partial charge in [-0.3, -0.25) is 4.79 Å². The number of anilines is 1. The van der Waals surface area contributed by atoms with E-state index < -0.39 is 5.97 Å². The molecule has 5 nitrogen and oxygen atoms in total. The second-order valence-electron chi connectivity index (χ2n) is 8.76. The summed E-state index contributed by atoms with van der Waals surface area (Å²) in [4.78, 5) is 27.4. The number of halogens is 1. The van der Waals surface area contributed by atoms with Gasteiger partial charge < -0.3 is 11.1 Å². The molecule has 0 saturated carbocycles. The smallest absolute Gasteiger partial charge is 0.326 e. The zero-order valence-corrected chi connectivity index (χ0v) is 18.5. The van der Waals surface area contributed by atoms with Gasteiger partial charge in [0.15, 0.2) is 0 Å². The number of benzene rings is 3. The molecule has 0 radical (unpaired) electrons. The van der Waals surface area contributed by atoms with Crippen LogP contribution in [0.4, 0.5) is 10.2 Å². The molecule has 6 heteroatoms. The summed E-state index contributed by atoms with van der Waals surface area (Å²) in [7, 11) is 0. The van der Waals surface area contributed by atoms with Gasteiger partial charge in [0.25, 0.3) is 5.91 Å². The van der Waals surface area contributed by atoms with Crippen molar-refractivity contribution in [1.29, 1.82) is 0 Å². The SMILES string of the molecule is CC1(C)CC=C(c2ccc(CN)cc2)c2cc(C(=O)Nc3ccc(C(=O)OF)cc3)ccc21. The van der Waals surface area contributed by atoms with E-state index in [1.54, 1.807) is 0 Å². The number of nitrogens with two attached hydrogens (primary N) is 1. The van der Waals surface area contributed by atoms with Crippen LogP contribution in [0.5, 0.6) is 0 Å². The topological polar surface area (TPSA) is 81.4 Å². The molecule has 0 bridgehead atoms. The second-order valence-corrected chi connectivity index (χ2v) is 8.76. The fourth-order valence-corrected chi connectivity index (χ4v) is 4.11. The third-order valence-corrected chi connectivity index (χ3v) is 6.07. The van der Waals surface area contributed by atoms with Crippen molar-refractivity contribution in [3.63, 3.8) is 0 Å². The molecule has 1 aliphatic rings. The third kappa shape index (κ3) is 4.56.